The number of fused-ring (bicyclic) bond motifs is 3. The van der Waals surface area contributed by atoms with Crippen molar-refractivity contribution in [3.8, 4) is 0 Å². The average molecular weight is 366 g/mol. The van der Waals surface area contributed by atoms with Crippen LogP contribution in [0.25, 0.3) is 16.6 Å². The van der Waals surface area contributed by atoms with Crippen LogP contribution in [0.4, 0.5) is 0 Å². The molecule has 3 aromatic rings. The van der Waals surface area contributed by atoms with Crippen LogP contribution >= 0.6 is 23.4 Å². The normalized spacial score (nSPS) is 11.3. The first-order valence-corrected chi connectivity index (χ1v) is 8.68. The molecule has 0 saturated carbocycles. The largest absolute Gasteiger partial charge is 0.463 e. The van der Waals surface area contributed by atoms with Gasteiger partial charge in [0.25, 0.3) is 0 Å². The van der Waals surface area contributed by atoms with Gasteiger partial charge in [-0.2, -0.15) is 0 Å². The third-order valence-corrected chi connectivity index (χ3v) is 4.64. The van der Waals surface area contributed by atoms with Crippen LogP contribution in [0.2, 0.25) is 5.02 Å². The topological polar surface area (TPSA) is 65.7 Å². The number of carbonyl (C=O) groups excluding carboxylic acids is 1. The summed E-state index contributed by atoms with van der Waals surface area (Å²) < 4.78 is 11.8. The molecule has 2 heterocycles. The lowest BCUT2D eigenvalue weighted by Crippen LogP contribution is -2.11. The minimum absolute atomic E-state index is 0.160. The molecule has 0 radical (unpaired) electrons. The molecule has 3 rings (SSSR count). The number of rotatable bonds is 6. The van der Waals surface area contributed by atoms with Gasteiger partial charge in [0, 0.05) is 17.5 Å². The van der Waals surface area contributed by atoms with Gasteiger partial charge in [-0.15, -0.1) is 10.2 Å². The van der Waals surface area contributed by atoms with Gasteiger partial charge in [0.05, 0.1) is 17.9 Å². The van der Waals surface area contributed by atoms with Crippen molar-refractivity contribution >= 4 is 45.9 Å². The van der Waals surface area contributed by atoms with Crippen molar-refractivity contribution in [2.75, 3.05) is 26.1 Å². The number of thioether (sulfide) groups is 1. The molecule has 0 aliphatic carbocycles. The molecular formula is C16H16ClN3O3S. The Morgan fingerprint density at radius 3 is 2.92 bits per heavy atom. The minimum atomic E-state index is -0.312. The molecule has 1 aromatic carbocycles. The maximum absolute atomic E-state index is 11.7. The summed E-state index contributed by atoms with van der Waals surface area (Å²) in [5, 5.41) is 10.7. The van der Waals surface area contributed by atoms with Crippen molar-refractivity contribution in [1.82, 2.24) is 14.6 Å². The summed E-state index contributed by atoms with van der Waals surface area (Å²) in [5.74, 6) is -0.152. The number of aromatic nitrogens is 3. The van der Waals surface area contributed by atoms with Crippen molar-refractivity contribution in [2.24, 2.45) is 0 Å². The Bertz CT molecular complexity index is 897. The number of halogens is 1. The molecule has 2 aromatic heterocycles. The van der Waals surface area contributed by atoms with Crippen LogP contribution in [-0.2, 0) is 14.3 Å². The average Bonchev–Trinajstić information content (AvgIpc) is 2.96. The Morgan fingerprint density at radius 2 is 2.12 bits per heavy atom. The quantitative estimate of drug-likeness (QED) is 0.380. The molecule has 0 atom stereocenters. The number of esters is 1. The maximum atomic E-state index is 11.7. The molecule has 0 saturated heterocycles. The number of pyridine rings is 1. The van der Waals surface area contributed by atoms with Crippen LogP contribution in [0.3, 0.4) is 0 Å². The van der Waals surface area contributed by atoms with Crippen LogP contribution in [-0.4, -0.2) is 46.6 Å². The maximum Gasteiger partial charge on any atom is 0.316 e. The van der Waals surface area contributed by atoms with Gasteiger partial charge in [0.2, 0.25) is 0 Å². The Balaban J connectivity index is 1.88. The summed E-state index contributed by atoms with van der Waals surface area (Å²) in [5.41, 5.74) is 2.76. The molecule has 0 unspecified atom stereocenters. The van der Waals surface area contributed by atoms with Gasteiger partial charge in [0.15, 0.2) is 10.8 Å². The zero-order valence-electron chi connectivity index (χ0n) is 13.3. The van der Waals surface area contributed by atoms with E-state index in [0.29, 0.717) is 16.8 Å². The number of nitrogens with zero attached hydrogens (tertiary/aromatic N) is 3. The zero-order chi connectivity index (χ0) is 17.1. The number of aryl methyl sites for hydroxylation is 1. The summed E-state index contributed by atoms with van der Waals surface area (Å²) in [6.45, 7) is 2.64. The summed E-state index contributed by atoms with van der Waals surface area (Å²) in [6.07, 6.45) is 0. The van der Waals surface area contributed by atoms with Gasteiger partial charge in [-0.05, 0) is 36.8 Å². The number of hydrogen-bond donors (Lipinski definition) is 0. The third-order valence-electron chi connectivity index (χ3n) is 3.50. The molecule has 8 heteroatoms. The first-order chi connectivity index (χ1) is 11.6. The highest BCUT2D eigenvalue weighted by Gasteiger charge is 2.14. The van der Waals surface area contributed by atoms with Gasteiger partial charge >= 0.3 is 5.97 Å². The standard InChI is InChI=1S/C16H16ClN3O3S/c1-10-7-14-18-19-16(24-9-15(21)23-6-5-22-2)20(14)13-4-3-11(17)8-12(10)13/h3-4,7-8H,5-6,9H2,1-2H3. The van der Waals surface area contributed by atoms with Crippen LogP contribution in [0.15, 0.2) is 29.4 Å². The van der Waals surface area contributed by atoms with Crippen LogP contribution in [0.1, 0.15) is 5.56 Å². The van der Waals surface area contributed by atoms with Gasteiger partial charge in [-0.3, -0.25) is 9.20 Å². The lowest BCUT2D eigenvalue weighted by atomic mass is 10.1. The fraction of sp³-hybridized carbons (Fsp3) is 0.312. The lowest BCUT2D eigenvalue weighted by Gasteiger charge is -2.08. The van der Waals surface area contributed by atoms with E-state index >= 15 is 0 Å². The monoisotopic (exact) mass is 365 g/mol. The SMILES string of the molecule is COCCOC(=O)CSc1nnc2cc(C)c3cc(Cl)ccc3n12. The molecule has 0 spiro atoms. The lowest BCUT2D eigenvalue weighted by molar-refractivity contribution is -0.141. The molecular weight excluding hydrogens is 350 g/mol. The second kappa shape index (κ2) is 7.38. The number of carbonyl (C=O) groups is 1. The number of hydrogen-bond acceptors (Lipinski definition) is 6. The van der Waals surface area contributed by atoms with Gasteiger partial charge < -0.3 is 9.47 Å². The number of ether oxygens (including phenoxy) is 2. The smallest absolute Gasteiger partial charge is 0.316 e. The first-order valence-electron chi connectivity index (χ1n) is 7.31. The summed E-state index contributed by atoms with van der Waals surface area (Å²) in [6, 6.07) is 7.63. The van der Waals surface area contributed by atoms with Crippen molar-refractivity contribution in [2.45, 2.75) is 12.1 Å². The molecule has 0 aliphatic heterocycles. The van der Waals surface area contributed by atoms with Crippen molar-refractivity contribution in [3.05, 3.63) is 34.9 Å². The fourth-order valence-electron chi connectivity index (χ4n) is 2.39. The molecule has 0 fully saturated rings. The molecule has 126 valence electrons. The highest BCUT2D eigenvalue weighted by atomic mass is 35.5. The molecule has 0 aliphatic rings. The summed E-state index contributed by atoms with van der Waals surface area (Å²) >= 11 is 7.39. The fourth-order valence-corrected chi connectivity index (χ4v) is 3.31. The first kappa shape index (κ1) is 17.0. The van der Waals surface area contributed by atoms with E-state index < -0.39 is 0 Å². The highest BCUT2D eigenvalue weighted by Crippen LogP contribution is 2.27. The van der Waals surface area contributed by atoms with E-state index in [-0.39, 0.29) is 18.3 Å². The highest BCUT2D eigenvalue weighted by molar-refractivity contribution is 7.99. The van der Waals surface area contributed by atoms with Gasteiger partial charge in [-0.1, -0.05) is 23.4 Å². The van der Waals surface area contributed by atoms with E-state index in [1.54, 1.807) is 7.11 Å². The van der Waals surface area contributed by atoms with Crippen molar-refractivity contribution in [3.63, 3.8) is 0 Å². The zero-order valence-corrected chi connectivity index (χ0v) is 14.9. The molecule has 6 nitrogen and oxygen atoms in total. The van der Waals surface area contributed by atoms with Crippen LogP contribution in [0.5, 0.6) is 0 Å². The Hall–Kier alpha value is -1.83. The van der Waals surface area contributed by atoms with E-state index in [1.165, 1.54) is 11.8 Å². The van der Waals surface area contributed by atoms with E-state index in [9.17, 15) is 4.79 Å². The van der Waals surface area contributed by atoms with Gasteiger partial charge in [0.1, 0.15) is 6.61 Å². The van der Waals surface area contributed by atoms with E-state index in [2.05, 4.69) is 10.2 Å². The number of benzene rings is 1. The van der Waals surface area contributed by atoms with Gasteiger partial charge in [-0.25, -0.2) is 0 Å². The predicted octanol–water partition coefficient (Wildman–Crippen LogP) is 3.13. The number of methoxy groups -OCH3 is 1. The molecule has 24 heavy (non-hydrogen) atoms. The summed E-state index contributed by atoms with van der Waals surface area (Å²) in [7, 11) is 1.56. The summed E-state index contributed by atoms with van der Waals surface area (Å²) in [4.78, 5) is 11.7. The second-order valence-electron chi connectivity index (χ2n) is 5.17. The molecule has 0 N–H and O–H groups in total. The Morgan fingerprint density at radius 1 is 1.29 bits per heavy atom. The van der Waals surface area contributed by atoms with Crippen molar-refractivity contribution in [1.29, 1.82) is 0 Å². The van der Waals surface area contributed by atoms with Crippen LogP contribution in [0, 0.1) is 6.92 Å². The predicted molar refractivity (Wildman–Crippen MR) is 93.8 cm³/mol. The van der Waals surface area contributed by atoms with Crippen LogP contribution < -0.4 is 0 Å². The second-order valence-corrected chi connectivity index (χ2v) is 6.55. The van der Waals surface area contributed by atoms with E-state index in [4.69, 9.17) is 21.1 Å². The Kier molecular flexibility index (Phi) is 5.23. The molecule has 0 amide bonds. The third kappa shape index (κ3) is 3.48. The molecule has 0 bridgehead atoms. The van der Waals surface area contributed by atoms with E-state index in [0.717, 1.165) is 22.1 Å². The minimum Gasteiger partial charge on any atom is -0.463 e. The Labute approximate surface area is 148 Å². The van der Waals surface area contributed by atoms with E-state index in [1.807, 2.05) is 35.6 Å². The van der Waals surface area contributed by atoms with Crippen molar-refractivity contribution < 1.29 is 14.3 Å².